The highest BCUT2D eigenvalue weighted by Gasteiger charge is 2.50. The van der Waals surface area contributed by atoms with Gasteiger partial charge in [-0.15, -0.1) is 0 Å². The first kappa shape index (κ1) is 24.9. The maximum atomic E-state index is 12.6. The molecule has 0 spiro atoms. The molecule has 0 radical (unpaired) electrons. The first-order valence-corrected chi connectivity index (χ1v) is 11.4. The largest absolute Gasteiger partial charge is 0.388 e. The molecule has 30 heavy (non-hydrogen) atoms. The highest BCUT2D eigenvalue weighted by Crippen LogP contribution is 2.59. The lowest BCUT2D eigenvalue weighted by Gasteiger charge is -2.37. The Balaban J connectivity index is 2.27. The second kappa shape index (κ2) is 8.66. The fraction of sp³-hybridized carbons (Fsp3) is 0.778. The summed E-state index contributed by atoms with van der Waals surface area (Å²) in [5.41, 5.74) is 4.11. The number of anilines is 1. The van der Waals surface area contributed by atoms with Gasteiger partial charge in [0, 0.05) is 18.2 Å². The van der Waals surface area contributed by atoms with Gasteiger partial charge in [-0.05, 0) is 33.6 Å². The molecule has 0 bridgehead atoms. The van der Waals surface area contributed by atoms with Gasteiger partial charge < -0.3 is 35.2 Å². The molecule has 0 amide bonds. The van der Waals surface area contributed by atoms with Gasteiger partial charge >= 0.3 is 13.3 Å². The summed E-state index contributed by atoms with van der Waals surface area (Å²) in [6.07, 6.45) is -3.50. The lowest BCUT2D eigenvalue weighted by Crippen LogP contribution is -2.40. The van der Waals surface area contributed by atoms with Gasteiger partial charge in [-0.25, -0.2) is 4.79 Å². The molecule has 1 aromatic heterocycles. The molecule has 7 atom stereocenters. The van der Waals surface area contributed by atoms with Crippen molar-refractivity contribution in [3.8, 4) is 0 Å². The lowest BCUT2D eigenvalue weighted by atomic mass is 9.93. The number of rotatable bonds is 8. The predicted octanol–water partition coefficient (Wildman–Crippen LogP) is 0.632. The van der Waals surface area contributed by atoms with Gasteiger partial charge in [0.2, 0.25) is 0 Å². The Bertz CT molecular complexity index is 875. The van der Waals surface area contributed by atoms with Crippen molar-refractivity contribution in [1.29, 1.82) is 0 Å². The molecule has 1 fully saturated rings. The number of hydrogen-bond acceptors (Lipinski definition) is 9. The van der Waals surface area contributed by atoms with Gasteiger partial charge in [-0.2, -0.15) is 4.98 Å². The summed E-state index contributed by atoms with van der Waals surface area (Å²) in [5, 5.41) is 29.2. The van der Waals surface area contributed by atoms with Crippen molar-refractivity contribution in [3.63, 3.8) is 0 Å². The molecule has 1 saturated heterocycles. The van der Waals surface area contributed by atoms with Gasteiger partial charge in [0.1, 0.15) is 18.0 Å². The Kier molecular flexibility index (Phi) is 7.20. The third-order valence-electron chi connectivity index (χ3n) is 5.79. The normalized spacial score (nSPS) is 30.4. The van der Waals surface area contributed by atoms with E-state index in [1.165, 1.54) is 13.1 Å². The Morgan fingerprint density at radius 2 is 1.90 bits per heavy atom. The SMILES string of the molecule is CCC(C)(C[C@H]1O[C@@H](n2cc(C)c(N)nc2=O)[C@H](O)[C@@H]1O)OP(=O)(O)C(C)(O)CC. The van der Waals surface area contributed by atoms with Crippen LogP contribution in [0.15, 0.2) is 11.0 Å². The third kappa shape index (κ3) is 4.77. The quantitative estimate of drug-likeness (QED) is 0.354. The number of aliphatic hydroxyl groups is 3. The number of aromatic nitrogens is 2. The summed E-state index contributed by atoms with van der Waals surface area (Å²) in [6, 6.07) is 0. The van der Waals surface area contributed by atoms with Crippen LogP contribution in [0.1, 0.15) is 58.7 Å². The molecule has 0 aliphatic carbocycles. The molecule has 3 unspecified atom stereocenters. The summed E-state index contributed by atoms with van der Waals surface area (Å²) in [4.78, 5) is 26.1. The van der Waals surface area contributed by atoms with E-state index in [9.17, 15) is 29.6 Å². The average molecular weight is 449 g/mol. The van der Waals surface area contributed by atoms with Crippen molar-refractivity contribution >= 4 is 13.4 Å². The van der Waals surface area contributed by atoms with Crippen molar-refractivity contribution in [1.82, 2.24) is 9.55 Å². The van der Waals surface area contributed by atoms with Crippen LogP contribution >= 0.6 is 7.60 Å². The van der Waals surface area contributed by atoms with Crippen LogP contribution in [0.5, 0.6) is 0 Å². The minimum atomic E-state index is -4.44. The van der Waals surface area contributed by atoms with E-state index in [1.807, 2.05) is 0 Å². The van der Waals surface area contributed by atoms with E-state index < -0.39 is 48.8 Å². The third-order valence-corrected chi connectivity index (χ3v) is 8.01. The van der Waals surface area contributed by atoms with Crippen LogP contribution in [-0.4, -0.2) is 59.0 Å². The molecule has 12 heteroatoms. The molecule has 172 valence electrons. The van der Waals surface area contributed by atoms with E-state index in [1.54, 1.807) is 27.7 Å². The number of nitrogen functional groups attached to an aromatic ring is 1. The average Bonchev–Trinajstić information content (AvgIpc) is 2.92. The second-order valence-electron chi connectivity index (χ2n) is 8.24. The van der Waals surface area contributed by atoms with Gasteiger partial charge in [-0.1, -0.05) is 13.8 Å². The maximum Gasteiger partial charge on any atom is 0.359 e. The summed E-state index contributed by atoms with van der Waals surface area (Å²) < 4.78 is 24.9. The van der Waals surface area contributed by atoms with Crippen molar-refractivity contribution in [2.45, 2.75) is 89.4 Å². The van der Waals surface area contributed by atoms with E-state index >= 15 is 0 Å². The zero-order chi connectivity index (χ0) is 23.1. The van der Waals surface area contributed by atoms with Crippen molar-refractivity contribution < 1.29 is 34.0 Å². The zero-order valence-corrected chi connectivity index (χ0v) is 18.7. The molecule has 2 heterocycles. The van der Waals surface area contributed by atoms with Crippen LogP contribution in [0.3, 0.4) is 0 Å². The van der Waals surface area contributed by atoms with E-state index in [-0.39, 0.29) is 25.1 Å². The second-order valence-corrected chi connectivity index (χ2v) is 10.4. The molecule has 1 aliphatic heterocycles. The van der Waals surface area contributed by atoms with Crippen LogP contribution in [0.25, 0.3) is 0 Å². The molecular weight excluding hydrogens is 417 g/mol. The standard InChI is InChI=1S/C18H32N3O8P/c1-6-17(4,29-30(26,27)18(5,25)7-2)8-11-12(22)13(23)15(28-11)21-9-10(3)14(19)20-16(21)24/h9,11-13,15,22-23,25H,6-8H2,1-5H3,(H,26,27)(H2,19,20,24)/t11-,12-,13-,15-,17?,18?/m1/s1. The summed E-state index contributed by atoms with van der Waals surface area (Å²) in [5.74, 6) is 0.0504. The highest BCUT2D eigenvalue weighted by molar-refractivity contribution is 7.54. The lowest BCUT2D eigenvalue weighted by molar-refractivity contribution is -0.0714. The maximum absolute atomic E-state index is 12.6. The number of aliphatic hydroxyl groups excluding tert-OH is 2. The van der Waals surface area contributed by atoms with Crippen LogP contribution in [-0.2, 0) is 13.8 Å². The molecule has 0 aromatic carbocycles. The number of hydrogen-bond donors (Lipinski definition) is 5. The van der Waals surface area contributed by atoms with Gasteiger partial charge in [0.25, 0.3) is 0 Å². The highest BCUT2D eigenvalue weighted by atomic mass is 31.2. The van der Waals surface area contributed by atoms with Crippen LogP contribution < -0.4 is 11.4 Å². The smallest absolute Gasteiger partial charge is 0.359 e. The van der Waals surface area contributed by atoms with Gasteiger partial charge in [0.15, 0.2) is 11.6 Å². The molecular formula is C18H32N3O8P. The Labute approximate surface area is 175 Å². The Morgan fingerprint density at radius 1 is 1.30 bits per heavy atom. The van der Waals surface area contributed by atoms with Crippen LogP contribution in [0.2, 0.25) is 0 Å². The van der Waals surface area contributed by atoms with E-state index in [4.69, 9.17) is 15.0 Å². The molecule has 2 rings (SSSR count). The molecule has 6 N–H and O–H groups in total. The van der Waals surface area contributed by atoms with Crippen LogP contribution in [0.4, 0.5) is 5.82 Å². The molecule has 1 aliphatic rings. The van der Waals surface area contributed by atoms with Crippen LogP contribution in [0, 0.1) is 6.92 Å². The first-order chi connectivity index (χ1) is 13.7. The van der Waals surface area contributed by atoms with Crippen molar-refractivity contribution in [3.05, 3.63) is 22.2 Å². The van der Waals surface area contributed by atoms with Gasteiger partial charge in [0.05, 0.1) is 11.7 Å². The number of aryl methyl sites for hydroxylation is 1. The molecule has 11 nitrogen and oxygen atoms in total. The monoisotopic (exact) mass is 449 g/mol. The minimum Gasteiger partial charge on any atom is -0.388 e. The number of ether oxygens (including phenoxy) is 1. The summed E-state index contributed by atoms with van der Waals surface area (Å²) in [7, 11) is -4.44. The zero-order valence-electron chi connectivity index (χ0n) is 17.8. The van der Waals surface area contributed by atoms with E-state index in [0.717, 1.165) is 4.57 Å². The fourth-order valence-electron chi connectivity index (χ4n) is 3.16. The van der Waals surface area contributed by atoms with Crippen molar-refractivity contribution in [2.24, 2.45) is 0 Å². The molecule has 0 saturated carbocycles. The predicted molar refractivity (Wildman–Crippen MR) is 109 cm³/mol. The Hall–Kier alpha value is -1.33. The van der Waals surface area contributed by atoms with Crippen molar-refractivity contribution in [2.75, 3.05) is 5.73 Å². The van der Waals surface area contributed by atoms with Gasteiger partial charge in [-0.3, -0.25) is 9.13 Å². The summed E-state index contributed by atoms with van der Waals surface area (Å²) >= 11 is 0. The fourth-order valence-corrected chi connectivity index (χ4v) is 4.55. The number of nitrogens with two attached hydrogens (primary N) is 1. The van der Waals surface area contributed by atoms with E-state index in [2.05, 4.69) is 4.98 Å². The summed E-state index contributed by atoms with van der Waals surface area (Å²) in [6.45, 7) is 7.67. The van der Waals surface area contributed by atoms with E-state index in [0.29, 0.717) is 5.56 Å². The number of nitrogens with zero attached hydrogens (tertiary/aromatic N) is 2. The molecule has 1 aromatic rings. The Morgan fingerprint density at radius 3 is 2.43 bits per heavy atom. The minimum absolute atomic E-state index is 0.00365. The topological polar surface area (TPSA) is 177 Å². The first-order valence-electron chi connectivity index (χ1n) is 9.81.